The fraction of sp³-hybridized carbons (Fsp3) is 0.659. The van der Waals surface area contributed by atoms with Gasteiger partial charge in [0.15, 0.2) is 0 Å². The molecular formula is C41H63FN4O4. The van der Waals surface area contributed by atoms with Gasteiger partial charge < -0.3 is 25.5 Å². The maximum atomic E-state index is 13.9. The lowest BCUT2D eigenvalue weighted by atomic mass is 9.44. The summed E-state index contributed by atoms with van der Waals surface area (Å²) in [5.41, 5.74) is 4.08. The highest BCUT2D eigenvalue weighted by Crippen LogP contribution is 2.61. The van der Waals surface area contributed by atoms with E-state index in [1.54, 1.807) is 13.0 Å². The monoisotopic (exact) mass is 694 g/mol. The van der Waals surface area contributed by atoms with Gasteiger partial charge in [-0.15, -0.1) is 0 Å². The Balaban J connectivity index is 1.37. The Hall–Kier alpha value is -2.53. The lowest BCUT2D eigenvalue weighted by Gasteiger charge is -2.62. The average molecular weight is 695 g/mol. The number of hydroxylamine groups is 2. The first kappa shape index (κ1) is 38.7. The zero-order valence-corrected chi connectivity index (χ0v) is 31.6. The van der Waals surface area contributed by atoms with Crippen molar-refractivity contribution in [3.05, 3.63) is 77.2 Å². The predicted octanol–water partition coefficient (Wildman–Crippen LogP) is 6.16. The second-order valence-corrected chi connectivity index (χ2v) is 16.9. The highest BCUT2D eigenvalue weighted by atomic mass is 19.1. The van der Waals surface area contributed by atoms with Gasteiger partial charge in [0, 0.05) is 61.5 Å². The number of nitrogens with one attached hydrogen (secondary N) is 1. The van der Waals surface area contributed by atoms with Crippen molar-refractivity contribution in [2.45, 2.75) is 111 Å². The number of phenolic OH excluding ortho intramolecular Hbond substituents is 1. The minimum absolute atomic E-state index is 0.0302. The van der Waals surface area contributed by atoms with Crippen LogP contribution in [0.15, 0.2) is 54.7 Å². The molecule has 50 heavy (non-hydrogen) atoms. The molecule has 0 unspecified atom stereocenters. The Morgan fingerprint density at radius 3 is 2.42 bits per heavy atom. The summed E-state index contributed by atoms with van der Waals surface area (Å²) >= 11 is 0. The van der Waals surface area contributed by atoms with E-state index in [0.717, 1.165) is 36.2 Å². The molecule has 4 aliphatic rings. The third kappa shape index (κ3) is 8.56. The van der Waals surface area contributed by atoms with Crippen molar-refractivity contribution in [1.82, 2.24) is 20.2 Å². The molecule has 278 valence electrons. The fourth-order valence-electron chi connectivity index (χ4n) is 9.39. The van der Waals surface area contributed by atoms with Crippen molar-refractivity contribution < 1.29 is 24.5 Å². The van der Waals surface area contributed by atoms with E-state index in [9.17, 15) is 19.7 Å². The molecule has 2 aromatic rings. The molecule has 6 rings (SSSR count). The van der Waals surface area contributed by atoms with Gasteiger partial charge in [0.2, 0.25) is 0 Å². The van der Waals surface area contributed by atoms with Crippen LogP contribution in [0.1, 0.15) is 77.5 Å². The highest BCUT2D eigenvalue weighted by molar-refractivity contribution is 5.33. The SMILES string of the molecule is C=C(N[C@H]1C[C@H]2C[C@@H]([C@@H]1C)C2(C)C)[C@@H]1[C@H]([C@H](C)O)[C@H](CO)ON1Cc1cccc(CN(Cc2ccc(F)cc2O)[C@@H](CC(C)C)CN(C)C)c1. The third-order valence-electron chi connectivity index (χ3n) is 12.2. The Bertz CT molecular complexity index is 1440. The fourth-order valence-corrected chi connectivity index (χ4v) is 9.39. The van der Waals surface area contributed by atoms with E-state index in [1.807, 2.05) is 5.06 Å². The molecule has 1 aliphatic heterocycles. The van der Waals surface area contributed by atoms with Crippen molar-refractivity contribution in [3.8, 4) is 5.75 Å². The van der Waals surface area contributed by atoms with Gasteiger partial charge in [-0.05, 0) is 86.6 Å². The molecule has 4 fully saturated rings. The standard InChI is InChI=1S/C41H63FN4O4/c1-25(2)15-34(23-44(8)9)45(22-31-13-14-33(42)19-37(31)49)20-29-11-10-12-30(16-29)21-46-40(39(28(5)48)38(24-47)50-46)27(4)43-36-18-32-17-35(26(36)3)41(32,6)7/h10-14,16,19,25-26,28,32,34-36,38-40,43,47-49H,4,15,17-18,20-24H2,1-3,5-9H3/t26-,28-,32+,34-,35-,36-,38-,39+,40+/m0/s1. The van der Waals surface area contributed by atoms with Crippen molar-refractivity contribution in [3.63, 3.8) is 0 Å². The molecule has 4 N–H and O–H groups in total. The normalized spacial score (nSPS) is 29.0. The summed E-state index contributed by atoms with van der Waals surface area (Å²) in [5, 5.41) is 37.7. The summed E-state index contributed by atoms with van der Waals surface area (Å²) in [5.74, 6) is 1.56. The van der Waals surface area contributed by atoms with Crippen LogP contribution in [0.2, 0.25) is 0 Å². The number of hydrogen-bond acceptors (Lipinski definition) is 8. The number of benzene rings is 2. The van der Waals surface area contributed by atoms with Crippen LogP contribution in [-0.4, -0.2) is 87.8 Å². The summed E-state index contributed by atoms with van der Waals surface area (Å²) in [7, 11) is 4.16. The molecule has 0 spiro atoms. The second-order valence-electron chi connectivity index (χ2n) is 16.9. The van der Waals surface area contributed by atoms with Crippen LogP contribution in [0.25, 0.3) is 0 Å². The number of aliphatic hydroxyl groups is 2. The predicted molar refractivity (Wildman–Crippen MR) is 197 cm³/mol. The summed E-state index contributed by atoms with van der Waals surface area (Å²) in [6.07, 6.45) is 2.14. The number of halogens is 1. The van der Waals surface area contributed by atoms with Crippen LogP contribution in [0.3, 0.4) is 0 Å². The Morgan fingerprint density at radius 1 is 1.10 bits per heavy atom. The largest absolute Gasteiger partial charge is 0.508 e. The first-order valence-electron chi connectivity index (χ1n) is 18.7. The van der Waals surface area contributed by atoms with E-state index in [2.05, 4.69) is 94.7 Å². The number of likely N-dealkylation sites (N-methyl/N-ethyl adjacent to an activating group) is 1. The number of phenols is 1. The van der Waals surface area contributed by atoms with Gasteiger partial charge in [-0.2, -0.15) is 5.06 Å². The topological polar surface area (TPSA) is 91.7 Å². The lowest BCUT2D eigenvalue weighted by molar-refractivity contribution is -0.175. The Kier molecular flexibility index (Phi) is 12.4. The molecule has 3 aliphatic carbocycles. The molecule has 2 bridgehead atoms. The average Bonchev–Trinajstić information content (AvgIpc) is 3.40. The molecular weight excluding hydrogens is 631 g/mol. The first-order chi connectivity index (χ1) is 23.6. The lowest BCUT2D eigenvalue weighted by Crippen LogP contribution is -2.60. The molecule has 0 radical (unpaired) electrons. The number of aliphatic hydroxyl groups excluding tert-OH is 2. The van der Waals surface area contributed by atoms with Crippen molar-refractivity contribution in [2.75, 3.05) is 27.2 Å². The Morgan fingerprint density at radius 2 is 1.82 bits per heavy atom. The highest BCUT2D eigenvalue weighted by Gasteiger charge is 2.57. The molecule has 2 aromatic carbocycles. The van der Waals surface area contributed by atoms with Crippen molar-refractivity contribution in [2.24, 2.45) is 35.0 Å². The number of hydrogen-bond donors (Lipinski definition) is 4. The molecule has 0 amide bonds. The van der Waals surface area contributed by atoms with Crippen molar-refractivity contribution in [1.29, 1.82) is 0 Å². The maximum absolute atomic E-state index is 13.9. The van der Waals surface area contributed by atoms with Gasteiger partial charge in [0.05, 0.1) is 18.8 Å². The van der Waals surface area contributed by atoms with E-state index in [-0.39, 0.29) is 30.4 Å². The van der Waals surface area contributed by atoms with Gasteiger partial charge in [0.1, 0.15) is 17.7 Å². The summed E-state index contributed by atoms with van der Waals surface area (Å²) in [6.45, 7) is 20.2. The van der Waals surface area contributed by atoms with E-state index in [4.69, 9.17) is 4.84 Å². The summed E-state index contributed by atoms with van der Waals surface area (Å²) in [4.78, 5) is 11.0. The Labute approximate surface area is 300 Å². The smallest absolute Gasteiger partial charge is 0.126 e. The van der Waals surface area contributed by atoms with Gasteiger partial charge >= 0.3 is 0 Å². The number of nitrogens with zero attached hydrogens (tertiary/aromatic N) is 3. The molecule has 3 saturated carbocycles. The molecule has 8 nitrogen and oxygen atoms in total. The number of fused-ring (bicyclic) bond motifs is 2. The molecule has 1 saturated heterocycles. The quantitative estimate of drug-likeness (QED) is 0.166. The van der Waals surface area contributed by atoms with E-state index in [1.165, 1.54) is 18.6 Å². The molecule has 1 heterocycles. The zero-order valence-electron chi connectivity index (χ0n) is 31.6. The van der Waals surface area contributed by atoms with Crippen molar-refractivity contribution >= 4 is 0 Å². The second kappa shape index (κ2) is 16.0. The van der Waals surface area contributed by atoms with E-state index < -0.39 is 18.0 Å². The molecule has 9 heteroatoms. The number of rotatable bonds is 16. The minimum atomic E-state index is -0.700. The van der Waals surface area contributed by atoms with Crippen LogP contribution in [-0.2, 0) is 24.5 Å². The van der Waals surface area contributed by atoms with Gasteiger partial charge in [-0.25, -0.2) is 4.39 Å². The van der Waals surface area contributed by atoms with Gasteiger partial charge in [0.25, 0.3) is 0 Å². The van der Waals surface area contributed by atoms with Gasteiger partial charge in [-0.3, -0.25) is 9.74 Å². The zero-order chi connectivity index (χ0) is 36.5. The van der Waals surface area contributed by atoms with Crippen LogP contribution in [0, 0.1) is 40.8 Å². The summed E-state index contributed by atoms with van der Waals surface area (Å²) < 4.78 is 13.9. The van der Waals surface area contributed by atoms with Crippen LogP contribution < -0.4 is 5.32 Å². The van der Waals surface area contributed by atoms with E-state index >= 15 is 0 Å². The van der Waals surface area contributed by atoms with Crippen LogP contribution in [0.4, 0.5) is 4.39 Å². The van der Waals surface area contributed by atoms with E-state index in [0.29, 0.717) is 60.3 Å². The van der Waals surface area contributed by atoms with Crippen LogP contribution in [0.5, 0.6) is 5.75 Å². The van der Waals surface area contributed by atoms with Gasteiger partial charge in [-0.1, -0.05) is 71.5 Å². The molecule has 0 aromatic heterocycles. The first-order valence-corrected chi connectivity index (χ1v) is 18.7. The molecule has 9 atom stereocenters. The minimum Gasteiger partial charge on any atom is -0.508 e. The third-order valence-corrected chi connectivity index (χ3v) is 12.2. The number of aromatic hydroxyl groups is 1. The van der Waals surface area contributed by atoms with Crippen LogP contribution >= 0.6 is 0 Å². The maximum Gasteiger partial charge on any atom is 0.126 e. The summed E-state index contributed by atoms with van der Waals surface area (Å²) in [6, 6.07) is 12.9.